The Morgan fingerprint density at radius 2 is 1.91 bits per heavy atom. The number of nitrogens with zero attached hydrogens (tertiary/aromatic N) is 2. The summed E-state index contributed by atoms with van der Waals surface area (Å²) in [5, 5.41) is 5.05. The highest BCUT2D eigenvalue weighted by Gasteiger charge is 2.21. The molecule has 0 unspecified atom stereocenters. The first-order valence-corrected chi connectivity index (χ1v) is 11.4. The van der Waals surface area contributed by atoms with Crippen LogP contribution < -0.4 is 5.32 Å². The Morgan fingerprint density at radius 3 is 2.72 bits per heavy atom. The first kappa shape index (κ1) is 21.0. The normalized spacial score (nSPS) is 15.3. The number of piperidine rings is 1. The number of hydrogen-bond acceptors (Lipinski definition) is 3. The zero-order valence-electron chi connectivity index (χ0n) is 18.0. The van der Waals surface area contributed by atoms with Gasteiger partial charge in [0.25, 0.3) is 0 Å². The highest BCUT2D eigenvalue weighted by molar-refractivity contribution is 6.31. The molecule has 0 spiro atoms. The van der Waals surface area contributed by atoms with Crippen LogP contribution in [-0.2, 0) is 6.54 Å². The van der Waals surface area contributed by atoms with Gasteiger partial charge < -0.3 is 15.2 Å². The summed E-state index contributed by atoms with van der Waals surface area (Å²) in [4.78, 5) is 10.4. The zero-order chi connectivity index (χ0) is 22.1. The van der Waals surface area contributed by atoms with Crippen molar-refractivity contribution in [2.75, 3.05) is 25.5 Å². The third kappa shape index (κ3) is 4.23. The van der Waals surface area contributed by atoms with Crippen LogP contribution in [0.15, 0.2) is 60.8 Å². The molecular formula is C26H26ClFN4. The van der Waals surface area contributed by atoms with Gasteiger partial charge in [0, 0.05) is 46.0 Å². The van der Waals surface area contributed by atoms with Crippen LogP contribution in [0.5, 0.6) is 0 Å². The van der Waals surface area contributed by atoms with Crippen LogP contribution in [0, 0.1) is 5.82 Å². The summed E-state index contributed by atoms with van der Waals surface area (Å²) in [6.07, 6.45) is 3.98. The molecule has 2 aromatic heterocycles. The SMILES string of the molecule is CN1CCC(c2cc3c(-c4cc(NCc5ccccc5Cl)ccc4F)ccnc3[nH]2)CC1. The molecule has 5 rings (SSSR count). The molecule has 3 heterocycles. The predicted molar refractivity (Wildman–Crippen MR) is 130 cm³/mol. The van der Waals surface area contributed by atoms with Crippen molar-refractivity contribution in [2.24, 2.45) is 0 Å². The van der Waals surface area contributed by atoms with Crippen molar-refractivity contribution in [2.45, 2.75) is 25.3 Å². The number of fused-ring (bicyclic) bond motifs is 1. The van der Waals surface area contributed by atoms with Gasteiger partial charge in [-0.1, -0.05) is 29.8 Å². The van der Waals surface area contributed by atoms with E-state index in [1.54, 1.807) is 12.3 Å². The van der Waals surface area contributed by atoms with E-state index in [4.69, 9.17) is 11.6 Å². The molecule has 0 amide bonds. The lowest BCUT2D eigenvalue weighted by atomic mass is 9.93. The van der Waals surface area contributed by atoms with Crippen LogP contribution >= 0.6 is 11.6 Å². The van der Waals surface area contributed by atoms with Crippen molar-refractivity contribution >= 4 is 28.3 Å². The Labute approximate surface area is 192 Å². The molecule has 0 aliphatic carbocycles. The minimum absolute atomic E-state index is 0.247. The number of pyridine rings is 1. The molecule has 0 bridgehead atoms. The highest BCUT2D eigenvalue weighted by atomic mass is 35.5. The maximum absolute atomic E-state index is 14.9. The third-order valence-electron chi connectivity index (χ3n) is 6.41. The van der Waals surface area contributed by atoms with E-state index >= 15 is 0 Å². The second-order valence-electron chi connectivity index (χ2n) is 8.56. The average molecular weight is 449 g/mol. The molecule has 6 heteroatoms. The molecule has 32 heavy (non-hydrogen) atoms. The van der Waals surface area contributed by atoms with Crippen molar-refractivity contribution in [3.63, 3.8) is 0 Å². The monoisotopic (exact) mass is 448 g/mol. The Balaban J connectivity index is 1.45. The van der Waals surface area contributed by atoms with Gasteiger partial charge in [0.05, 0.1) is 0 Å². The molecule has 1 fully saturated rings. The van der Waals surface area contributed by atoms with E-state index in [0.717, 1.165) is 53.8 Å². The van der Waals surface area contributed by atoms with Crippen molar-refractivity contribution in [3.05, 3.63) is 82.9 Å². The summed E-state index contributed by atoms with van der Waals surface area (Å²) in [5.74, 6) is 0.240. The molecule has 0 atom stereocenters. The van der Waals surface area contributed by atoms with Crippen LogP contribution in [0.3, 0.4) is 0 Å². The molecular weight excluding hydrogens is 423 g/mol. The average Bonchev–Trinajstić information content (AvgIpc) is 3.24. The number of benzene rings is 2. The van der Waals surface area contributed by atoms with Crippen LogP contribution in [0.25, 0.3) is 22.2 Å². The van der Waals surface area contributed by atoms with Crippen LogP contribution in [0.4, 0.5) is 10.1 Å². The van der Waals surface area contributed by atoms with Gasteiger partial charge in [0.15, 0.2) is 0 Å². The van der Waals surface area contributed by atoms with Crippen molar-refractivity contribution in [1.82, 2.24) is 14.9 Å². The van der Waals surface area contributed by atoms with Crippen LogP contribution in [0.2, 0.25) is 5.02 Å². The molecule has 1 aliphatic heterocycles. The maximum Gasteiger partial charge on any atom is 0.138 e. The number of halogens is 2. The van der Waals surface area contributed by atoms with E-state index in [1.807, 2.05) is 36.4 Å². The van der Waals surface area contributed by atoms with E-state index in [0.29, 0.717) is 23.0 Å². The number of nitrogens with one attached hydrogen (secondary N) is 2. The molecule has 1 saturated heterocycles. The Morgan fingerprint density at radius 1 is 1.09 bits per heavy atom. The standard InChI is InChI=1S/C26H26ClFN4/c1-32-12-9-17(10-13-32)25-15-22-20(8-11-29-26(22)31-25)21-14-19(6-7-24(21)28)30-16-18-4-2-3-5-23(18)27/h2-8,11,14-15,17,30H,9-10,12-13,16H2,1H3,(H,29,31). The Hall–Kier alpha value is -2.89. The van der Waals surface area contributed by atoms with Gasteiger partial charge in [0.1, 0.15) is 11.5 Å². The Kier molecular flexibility index (Phi) is 5.85. The fourth-order valence-electron chi connectivity index (χ4n) is 4.50. The van der Waals surface area contributed by atoms with E-state index in [1.165, 1.54) is 11.8 Å². The van der Waals surface area contributed by atoms with Gasteiger partial charge in [-0.3, -0.25) is 0 Å². The number of anilines is 1. The van der Waals surface area contributed by atoms with Crippen LogP contribution in [-0.4, -0.2) is 35.0 Å². The lowest BCUT2D eigenvalue weighted by molar-refractivity contribution is 0.254. The van der Waals surface area contributed by atoms with Gasteiger partial charge in [-0.05, 0) is 80.5 Å². The summed E-state index contributed by atoms with van der Waals surface area (Å²) in [7, 11) is 2.16. The smallest absolute Gasteiger partial charge is 0.138 e. The number of aromatic nitrogens is 2. The molecule has 0 radical (unpaired) electrons. The largest absolute Gasteiger partial charge is 0.381 e. The summed E-state index contributed by atoms with van der Waals surface area (Å²) in [5.41, 5.74) is 5.27. The van der Waals surface area contributed by atoms with Crippen LogP contribution in [0.1, 0.15) is 30.0 Å². The van der Waals surface area contributed by atoms with Crippen molar-refractivity contribution in [3.8, 4) is 11.1 Å². The number of hydrogen-bond donors (Lipinski definition) is 2. The number of rotatable bonds is 5. The third-order valence-corrected chi connectivity index (χ3v) is 6.78. The topological polar surface area (TPSA) is 44.0 Å². The summed E-state index contributed by atoms with van der Waals surface area (Å²) >= 11 is 6.27. The van der Waals surface area contributed by atoms with Gasteiger partial charge in [-0.2, -0.15) is 0 Å². The fourth-order valence-corrected chi connectivity index (χ4v) is 4.70. The molecule has 0 saturated carbocycles. The van der Waals surface area contributed by atoms with E-state index < -0.39 is 0 Å². The zero-order valence-corrected chi connectivity index (χ0v) is 18.8. The Bertz CT molecular complexity index is 1240. The predicted octanol–water partition coefficient (Wildman–Crippen LogP) is 6.44. The number of H-pyrrole nitrogens is 1. The fraction of sp³-hybridized carbons (Fsp3) is 0.269. The quantitative estimate of drug-likeness (QED) is 0.369. The molecule has 4 nitrogen and oxygen atoms in total. The lowest BCUT2D eigenvalue weighted by Crippen LogP contribution is -2.29. The van der Waals surface area contributed by atoms with Crippen molar-refractivity contribution < 1.29 is 4.39 Å². The van der Waals surface area contributed by atoms with E-state index in [-0.39, 0.29) is 5.82 Å². The summed E-state index contributed by atoms with van der Waals surface area (Å²) < 4.78 is 14.9. The maximum atomic E-state index is 14.9. The second-order valence-corrected chi connectivity index (χ2v) is 8.97. The second kappa shape index (κ2) is 8.93. The minimum atomic E-state index is -0.247. The number of likely N-dealkylation sites (tertiary alicyclic amines) is 1. The van der Waals surface area contributed by atoms with E-state index in [9.17, 15) is 4.39 Å². The lowest BCUT2D eigenvalue weighted by Gasteiger charge is -2.28. The van der Waals surface area contributed by atoms with Gasteiger partial charge in [-0.25, -0.2) is 9.37 Å². The summed E-state index contributed by atoms with van der Waals surface area (Å²) in [6, 6.07) is 16.9. The first-order valence-electron chi connectivity index (χ1n) is 11.0. The van der Waals surface area contributed by atoms with Gasteiger partial charge >= 0.3 is 0 Å². The molecule has 2 N–H and O–H groups in total. The first-order chi connectivity index (χ1) is 15.6. The summed E-state index contributed by atoms with van der Waals surface area (Å²) in [6.45, 7) is 2.75. The molecule has 1 aliphatic rings. The minimum Gasteiger partial charge on any atom is -0.381 e. The van der Waals surface area contributed by atoms with E-state index in [2.05, 4.69) is 33.3 Å². The van der Waals surface area contributed by atoms with Crippen molar-refractivity contribution in [1.29, 1.82) is 0 Å². The molecule has 164 valence electrons. The molecule has 4 aromatic rings. The van der Waals surface area contributed by atoms with Gasteiger partial charge in [-0.15, -0.1) is 0 Å². The number of aromatic amines is 1. The molecule has 2 aromatic carbocycles. The van der Waals surface area contributed by atoms with Gasteiger partial charge in [0.2, 0.25) is 0 Å². The highest BCUT2D eigenvalue weighted by Crippen LogP contribution is 2.35.